The summed E-state index contributed by atoms with van der Waals surface area (Å²) in [6.45, 7) is 0. The van der Waals surface area contributed by atoms with E-state index >= 15 is 0 Å². The number of halogens is 1. The van der Waals surface area contributed by atoms with Gasteiger partial charge in [0, 0.05) is 17.0 Å². The number of ketones is 1. The lowest BCUT2D eigenvalue weighted by Gasteiger charge is -2.04. The Hall–Kier alpha value is -2.23. The molecule has 0 radical (unpaired) electrons. The molecule has 5 nitrogen and oxygen atoms in total. The summed E-state index contributed by atoms with van der Waals surface area (Å²) >= 11 is 7.12. The number of benzene rings is 1. The fourth-order valence-corrected chi connectivity index (χ4v) is 2.55. The van der Waals surface area contributed by atoms with Crippen molar-refractivity contribution in [2.24, 2.45) is 5.92 Å². The van der Waals surface area contributed by atoms with Crippen LogP contribution in [0.15, 0.2) is 50.8 Å². The van der Waals surface area contributed by atoms with Gasteiger partial charge in [-0.1, -0.05) is 23.4 Å². The molecule has 1 heterocycles. The van der Waals surface area contributed by atoms with Gasteiger partial charge in [0.2, 0.25) is 11.7 Å². The predicted molar refractivity (Wildman–Crippen MR) is 81.8 cm³/mol. The summed E-state index contributed by atoms with van der Waals surface area (Å²) in [5, 5.41) is 12.3. The van der Waals surface area contributed by atoms with Gasteiger partial charge >= 0.3 is 0 Å². The van der Waals surface area contributed by atoms with Crippen molar-refractivity contribution in [1.82, 2.24) is 5.32 Å². The molecule has 1 aromatic carbocycles. The number of furan rings is 1. The van der Waals surface area contributed by atoms with Crippen LogP contribution in [0.25, 0.3) is 0 Å². The molecule has 0 aliphatic rings. The molecular formula is C15H11ClN2O3S. The van der Waals surface area contributed by atoms with Gasteiger partial charge in [-0.15, -0.1) is 0 Å². The molecular weight excluding hydrogens is 324 g/mol. The van der Waals surface area contributed by atoms with Crippen LogP contribution in [0, 0.1) is 17.2 Å². The zero-order valence-electron chi connectivity index (χ0n) is 11.5. The molecule has 1 N–H and O–H groups in total. The average Bonchev–Trinajstić information content (AvgIpc) is 2.98. The van der Waals surface area contributed by atoms with E-state index in [-0.39, 0.29) is 5.76 Å². The Labute approximate surface area is 136 Å². The highest BCUT2D eigenvalue weighted by Crippen LogP contribution is 2.30. The number of nitrogens with zero attached hydrogens (tertiary/aromatic N) is 1. The first kappa shape index (κ1) is 16.1. The Morgan fingerprint density at radius 2 is 1.95 bits per heavy atom. The van der Waals surface area contributed by atoms with Gasteiger partial charge in [-0.05, 0) is 36.4 Å². The molecule has 0 saturated heterocycles. The Morgan fingerprint density at radius 3 is 2.55 bits per heavy atom. The maximum absolute atomic E-state index is 12.1. The summed E-state index contributed by atoms with van der Waals surface area (Å²) in [4.78, 5) is 24.4. The number of carbonyl (C=O) groups excluding carboxylic acids is 2. The molecule has 0 spiro atoms. The largest absolute Gasteiger partial charge is 0.446 e. The van der Waals surface area contributed by atoms with Crippen LogP contribution in [0.4, 0.5) is 0 Å². The highest BCUT2D eigenvalue weighted by atomic mass is 35.5. The Bertz CT molecular complexity index is 734. The number of nitriles is 1. The second-order valence-corrected chi connectivity index (χ2v) is 5.73. The quantitative estimate of drug-likeness (QED) is 0.670. The first-order valence-electron chi connectivity index (χ1n) is 6.24. The minimum atomic E-state index is -1.41. The van der Waals surface area contributed by atoms with E-state index < -0.39 is 17.6 Å². The number of carbonyl (C=O) groups is 2. The van der Waals surface area contributed by atoms with Crippen molar-refractivity contribution >= 4 is 35.1 Å². The zero-order valence-corrected chi connectivity index (χ0v) is 13.1. The maximum Gasteiger partial charge on any atom is 0.245 e. The van der Waals surface area contributed by atoms with Crippen LogP contribution < -0.4 is 5.32 Å². The molecule has 1 atom stereocenters. The SMILES string of the molecule is CNC(=O)[C@@H](C#N)C(=O)c1ccc(Sc2ccc(Cl)cc2)o1. The zero-order chi connectivity index (χ0) is 16.1. The van der Waals surface area contributed by atoms with Crippen LogP contribution in [0.5, 0.6) is 0 Å². The summed E-state index contributed by atoms with van der Waals surface area (Å²) in [7, 11) is 1.36. The van der Waals surface area contributed by atoms with Gasteiger partial charge in [0.15, 0.2) is 16.8 Å². The molecule has 1 aromatic heterocycles. The lowest BCUT2D eigenvalue weighted by Crippen LogP contribution is -2.31. The number of Topliss-reactive ketones (excluding diaryl/α,β-unsaturated/α-hetero) is 1. The Kier molecular flexibility index (Phi) is 5.26. The molecule has 7 heteroatoms. The Morgan fingerprint density at radius 1 is 1.27 bits per heavy atom. The summed E-state index contributed by atoms with van der Waals surface area (Å²) in [5.41, 5.74) is 0. The van der Waals surface area contributed by atoms with Crippen molar-refractivity contribution in [2.45, 2.75) is 9.99 Å². The van der Waals surface area contributed by atoms with Crippen molar-refractivity contribution in [2.75, 3.05) is 7.05 Å². The van der Waals surface area contributed by atoms with Gasteiger partial charge in [-0.25, -0.2) is 0 Å². The van der Waals surface area contributed by atoms with Crippen LogP contribution in [0.1, 0.15) is 10.6 Å². The molecule has 0 saturated carbocycles. The fourth-order valence-electron chi connectivity index (χ4n) is 1.65. The van der Waals surface area contributed by atoms with Crippen LogP contribution in [-0.2, 0) is 4.79 Å². The number of amides is 1. The summed E-state index contributed by atoms with van der Waals surface area (Å²) < 4.78 is 5.41. The number of rotatable bonds is 5. The highest BCUT2D eigenvalue weighted by molar-refractivity contribution is 7.99. The van der Waals surface area contributed by atoms with Gasteiger partial charge in [-0.3, -0.25) is 9.59 Å². The maximum atomic E-state index is 12.1. The van der Waals surface area contributed by atoms with Crippen molar-refractivity contribution < 1.29 is 14.0 Å². The van der Waals surface area contributed by atoms with Crippen molar-refractivity contribution in [3.8, 4) is 6.07 Å². The van der Waals surface area contributed by atoms with Crippen LogP contribution in [0.3, 0.4) is 0 Å². The van der Waals surface area contributed by atoms with Gasteiger partial charge in [0.1, 0.15) is 0 Å². The first-order chi connectivity index (χ1) is 10.5. The molecule has 0 fully saturated rings. The second kappa shape index (κ2) is 7.16. The summed E-state index contributed by atoms with van der Waals surface area (Å²) in [6.07, 6.45) is 0. The number of hydrogen-bond donors (Lipinski definition) is 1. The van der Waals surface area contributed by atoms with E-state index in [9.17, 15) is 9.59 Å². The van der Waals surface area contributed by atoms with Crippen molar-refractivity contribution in [3.63, 3.8) is 0 Å². The molecule has 0 bridgehead atoms. The average molecular weight is 335 g/mol. The van der Waals surface area contributed by atoms with E-state index in [1.807, 2.05) is 12.1 Å². The third kappa shape index (κ3) is 3.70. The molecule has 0 aliphatic heterocycles. The third-order valence-corrected chi connectivity index (χ3v) is 3.94. The third-order valence-electron chi connectivity index (χ3n) is 2.76. The van der Waals surface area contributed by atoms with Crippen LogP contribution >= 0.6 is 23.4 Å². The van der Waals surface area contributed by atoms with E-state index in [1.165, 1.54) is 24.9 Å². The van der Waals surface area contributed by atoms with E-state index in [0.717, 1.165) is 4.90 Å². The van der Waals surface area contributed by atoms with Gasteiger partial charge < -0.3 is 9.73 Å². The van der Waals surface area contributed by atoms with Crippen LogP contribution in [-0.4, -0.2) is 18.7 Å². The minimum Gasteiger partial charge on any atom is -0.446 e. The Balaban J connectivity index is 2.14. The molecule has 112 valence electrons. The predicted octanol–water partition coefficient (Wildman–Crippen LogP) is 3.15. The van der Waals surface area contributed by atoms with Crippen LogP contribution in [0.2, 0.25) is 5.02 Å². The first-order valence-corrected chi connectivity index (χ1v) is 7.43. The highest BCUT2D eigenvalue weighted by Gasteiger charge is 2.29. The molecule has 22 heavy (non-hydrogen) atoms. The number of hydrogen-bond acceptors (Lipinski definition) is 5. The molecule has 0 unspecified atom stereocenters. The molecule has 1 amide bonds. The van der Waals surface area contributed by atoms with Crippen molar-refractivity contribution in [1.29, 1.82) is 5.26 Å². The minimum absolute atomic E-state index is 0.0217. The van der Waals surface area contributed by atoms with Gasteiger partial charge in [0.05, 0.1) is 6.07 Å². The van der Waals surface area contributed by atoms with E-state index in [1.54, 1.807) is 24.3 Å². The van der Waals surface area contributed by atoms with Gasteiger partial charge in [0.25, 0.3) is 0 Å². The molecule has 2 rings (SSSR count). The van der Waals surface area contributed by atoms with E-state index in [2.05, 4.69) is 5.32 Å². The fraction of sp³-hybridized carbons (Fsp3) is 0.133. The normalized spacial score (nSPS) is 11.5. The van der Waals surface area contributed by atoms with E-state index in [4.69, 9.17) is 21.3 Å². The lowest BCUT2D eigenvalue weighted by molar-refractivity contribution is -0.121. The van der Waals surface area contributed by atoms with Gasteiger partial charge in [-0.2, -0.15) is 5.26 Å². The van der Waals surface area contributed by atoms with Crippen molar-refractivity contribution in [3.05, 3.63) is 47.2 Å². The standard InChI is InChI=1S/C15H11ClN2O3S/c1-18-15(20)11(8-17)14(19)12-6-7-13(21-12)22-10-4-2-9(16)3-5-10/h2-7,11H,1H3,(H,18,20)/t11-/m0/s1. The second-order valence-electron chi connectivity index (χ2n) is 4.22. The van der Waals surface area contributed by atoms with E-state index in [0.29, 0.717) is 10.1 Å². The smallest absolute Gasteiger partial charge is 0.245 e. The lowest BCUT2D eigenvalue weighted by atomic mass is 10.0. The summed E-state index contributed by atoms with van der Waals surface area (Å²) in [6, 6.07) is 11.9. The number of nitrogens with one attached hydrogen (secondary N) is 1. The molecule has 2 aromatic rings. The molecule has 0 aliphatic carbocycles. The summed E-state index contributed by atoms with van der Waals surface area (Å²) in [5.74, 6) is -2.75. The topological polar surface area (TPSA) is 83.1 Å². The monoisotopic (exact) mass is 334 g/mol.